The van der Waals surface area contributed by atoms with Crippen LogP contribution in [0.1, 0.15) is 24.8 Å². The van der Waals surface area contributed by atoms with Crippen molar-refractivity contribution >= 4 is 35.1 Å². The van der Waals surface area contributed by atoms with E-state index in [0.717, 1.165) is 5.56 Å². The summed E-state index contributed by atoms with van der Waals surface area (Å²) >= 11 is 1.49. The molecule has 3 N–H and O–H groups in total. The van der Waals surface area contributed by atoms with Crippen LogP contribution in [0.4, 0.5) is 0 Å². The first-order valence-electron chi connectivity index (χ1n) is 6.41. The van der Waals surface area contributed by atoms with E-state index >= 15 is 0 Å². The van der Waals surface area contributed by atoms with Crippen molar-refractivity contribution in [1.82, 2.24) is 0 Å². The summed E-state index contributed by atoms with van der Waals surface area (Å²) < 4.78 is 5.19. The van der Waals surface area contributed by atoms with Crippen molar-refractivity contribution in [2.75, 3.05) is 0 Å². The van der Waals surface area contributed by atoms with E-state index in [1.54, 1.807) is 6.08 Å². The highest BCUT2D eigenvalue weighted by Crippen LogP contribution is 2.27. The highest BCUT2D eigenvalue weighted by atomic mass is 32.1. The molecule has 1 aromatic heterocycles. The van der Waals surface area contributed by atoms with Crippen LogP contribution in [0, 0.1) is 0 Å². The number of ether oxygens (including phenoxy) is 1. The van der Waals surface area contributed by atoms with E-state index in [2.05, 4.69) is 0 Å². The van der Waals surface area contributed by atoms with Gasteiger partial charge >= 0.3 is 11.9 Å². The number of aliphatic carboxylic acids is 1. The Morgan fingerprint density at radius 2 is 2.24 bits per heavy atom. The lowest BCUT2D eigenvalue weighted by Gasteiger charge is -2.17. The lowest BCUT2D eigenvalue weighted by molar-refractivity contribution is -0.150. The topological polar surface area (TPSA) is 107 Å². The minimum Gasteiger partial charge on any atom is -0.481 e. The van der Waals surface area contributed by atoms with Crippen LogP contribution < -0.4 is 5.73 Å². The molecule has 0 radical (unpaired) electrons. The van der Waals surface area contributed by atoms with Crippen LogP contribution in [0.2, 0.25) is 0 Å². The first kappa shape index (κ1) is 15.4. The Labute approximate surface area is 125 Å². The molecule has 0 saturated heterocycles. The van der Waals surface area contributed by atoms with Crippen LogP contribution in [0.15, 0.2) is 22.4 Å². The summed E-state index contributed by atoms with van der Waals surface area (Å²) in [4.78, 5) is 34.0. The van der Waals surface area contributed by atoms with E-state index in [1.165, 1.54) is 11.3 Å². The minimum atomic E-state index is -1.08. The molecule has 1 aliphatic rings. The summed E-state index contributed by atoms with van der Waals surface area (Å²) in [6.45, 7) is 0. The van der Waals surface area contributed by atoms with Gasteiger partial charge in [-0.25, -0.2) is 0 Å². The van der Waals surface area contributed by atoms with Gasteiger partial charge in [-0.05, 0) is 28.5 Å². The van der Waals surface area contributed by atoms with Crippen molar-refractivity contribution in [2.24, 2.45) is 5.73 Å². The molecule has 1 fully saturated rings. The van der Waals surface area contributed by atoms with Crippen LogP contribution in [-0.2, 0) is 19.1 Å². The molecule has 0 aromatic carbocycles. The zero-order chi connectivity index (χ0) is 15.4. The van der Waals surface area contributed by atoms with Gasteiger partial charge < -0.3 is 15.6 Å². The molecule has 6 nitrogen and oxygen atoms in total. The molecule has 21 heavy (non-hydrogen) atoms. The second-order valence-corrected chi connectivity index (χ2v) is 5.53. The molecule has 2 rings (SSSR count). The monoisotopic (exact) mass is 309 g/mol. The van der Waals surface area contributed by atoms with Crippen LogP contribution in [0.5, 0.6) is 0 Å². The third kappa shape index (κ3) is 3.99. The maximum Gasteiger partial charge on any atom is 0.307 e. The van der Waals surface area contributed by atoms with Gasteiger partial charge in [0.1, 0.15) is 6.10 Å². The quantitative estimate of drug-likeness (QED) is 0.625. The number of nitrogens with two attached hydrogens (primary N) is 1. The van der Waals surface area contributed by atoms with Crippen molar-refractivity contribution in [2.45, 2.75) is 31.4 Å². The molecule has 1 aliphatic carbocycles. The van der Waals surface area contributed by atoms with E-state index in [4.69, 9.17) is 15.6 Å². The molecule has 2 atom stereocenters. The number of hydrogen-bond acceptors (Lipinski definition) is 6. The van der Waals surface area contributed by atoms with Gasteiger partial charge in [0.25, 0.3) is 0 Å². The molecule has 2 unspecified atom stereocenters. The maximum absolute atomic E-state index is 11.9. The fraction of sp³-hybridized carbons (Fsp3) is 0.357. The van der Waals surface area contributed by atoms with E-state index < -0.39 is 24.1 Å². The molecule has 0 amide bonds. The van der Waals surface area contributed by atoms with E-state index in [-0.39, 0.29) is 25.0 Å². The molecule has 1 heterocycles. The maximum atomic E-state index is 11.9. The summed E-state index contributed by atoms with van der Waals surface area (Å²) in [6.07, 6.45) is 0.434. The Bertz CT molecular complexity index is 578. The Kier molecular flexibility index (Phi) is 4.87. The predicted molar refractivity (Wildman–Crippen MR) is 76.6 cm³/mol. The number of carbonyl (C=O) groups excluding carboxylic acids is 2. The molecule has 0 bridgehead atoms. The van der Waals surface area contributed by atoms with Crippen LogP contribution >= 0.6 is 11.3 Å². The fourth-order valence-electron chi connectivity index (χ4n) is 2.09. The normalized spacial score (nSPS) is 23.5. The van der Waals surface area contributed by atoms with Crippen LogP contribution in [-0.4, -0.2) is 35.0 Å². The SMILES string of the molecule is NC1CC(=O)/C(=C\c2ccsc2)C1OC(=O)CCC(=O)O. The summed E-state index contributed by atoms with van der Waals surface area (Å²) in [5, 5.41) is 12.3. The van der Waals surface area contributed by atoms with Crippen LogP contribution in [0.3, 0.4) is 0 Å². The van der Waals surface area contributed by atoms with Gasteiger partial charge in [-0.2, -0.15) is 11.3 Å². The van der Waals surface area contributed by atoms with Gasteiger partial charge in [0.15, 0.2) is 5.78 Å². The number of ketones is 1. The number of hydrogen-bond donors (Lipinski definition) is 2. The van der Waals surface area contributed by atoms with Gasteiger partial charge in [0.2, 0.25) is 0 Å². The van der Waals surface area contributed by atoms with Crippen molar-refractivity contribution in [3.05, 3.63) is 28.0 Å². The van der Waals surface area contributed by atoms with E-state index in [9.17, 15) is 14.4 Å². The molecular weight excluding hydrogens is 294 g/mol. The van der Waals surface area contributed by atoms with E-state index in [1.807, 2.05) is 16.8 Å². The van der Waals surface area contributed by atoms with E-state index in [0.29, 0.717) is 5.57 Å². The number of carbonyl (C=O) groups is 3. The van der Waals surface area contributed by atoms with Gasteiger partial charge in [-0.3, -0.25) is 14.4 Å². The Morgan fingerprint density at radius 1 is 1.48 bits per heavy atom. The second-order valence-electron chi connectivity index (χ2n) is 4.75. The van der Waals surface area contributed by atoms with Crippen LogP contribution in [0.25, 0.3) is 6.08 Å². The Hall–Kier alpha value is -1.99. The minimum absolute atomic E-state index is 0.118. The molecule has 7 heteroatoms. The number of carboxylic acid groups (broad SMARTS) is 1. The second kappa shape index (κ2) is 6.64. The summed E-state index contributed by atoms with van der Waals surface area (Å²) in [7, 11) is 0. The van der Waals surface area contributed by atoms with Crippen molar-refractivity contribution < 1.29 is 24.2 Å². The molecule has 0 aliphatic heterocycles. The summed E-state index contributed by atoms with van der Waals surface area (Å²) in [5.74, 6) is -1.89. The van der Waals surface area contributed by atoms with Crippen molar-refractivity contribution in [3.8, 4) is 0 Å². The first-order valence-corrected chi connectivity index (χ1v) is 7.35. The molecule has 0 spiro atoms. The zero-order valence-corrected chi connectivity index (χ0v) is 12.0. The number of rotatable bonds is 5. The number of esters is 1. The number of Topliss-reactive ketones (excluding diaryl/α,β-unsaturated/α-hetero) is 1. The van der Waals surface area contributed by atoms with Gasteiger partial charge in [-0.1, -0.05) is 0 Å². The zero-order valence-electron chi connectivity index (χ0n) is 11.2. The third-order valence-electron chi connectivity index (χ3n) is 3.11. The van der Waals surface area contributed by atoms with Crippen molar-refractivity contribution in [1.29, 1.82) is 0 Å². The standard InChI is InChI=1S/C14H15NO5S/c15-10-6-11(16)9(5-8-3-4-21-7-8)14(10)20-13(19)2-1-12(17)18/h3-5,7,10,14H,1-2,6,15H2,(H,17,18)/b9-5+. The number of carboxylic acids is 1. The highest BCUT2D eigenvalue weighted by Gasteiger charge is 2.38. The summed E-state index contributed by atoms with van der Waals surface area (Å²) in [5.41, 5.74) is 7.06. The molecule has 112 valence electrons. The van der Waals surface area contributed by atoms with Gasteiger partial charge in [-0.15, -0.1) is 0 Å². The third-order valence-corrected chi connectivity index (χ3v) is 3.81. The molecular formula is C14H15NO5S. The predicted octanol–water partition coefficient (Wildman–Crippen LogP) is 1.21. The van der Waals surface area contributed by atoms with Gasteiger partial charge in [0, 0.05) is 12.0 Å². The average Bonchev–Trinajstić information content (AvgIpc) is 3.00. The lowest BCUT2D eigenvalue weighted by atomic mass is 10.1. The smallest absolute Gasteiger partial charge is 0.307 e. The molecule has 1 aromatic rings. The highest BCUT2D eigenvalue weighted by molar-refractivity contribution is 7.08. The van der Waals surface area contributed by atoms with Gasteiger partial charge in [0.05, 0.1) is 18.9 Å². The Balaban J connectivity index is 2.10. The molecule has 1 saturated carbocycles. The lowest BCUT2D eigenvalue weighted by Crippen LogP contribution is -2.34. The largest absolute Gasteiger partial charge is 0.481 e. The fourth-order valence-corrected chi connectivity index (χ4v) is 2.71. The first-order chi connectivity index (χ1) is 9.97. The average molecular weight is 309 g/mol. The Morgan fingerprint density at radius 3 is 2.86 bits per heavy atom. The summed E-state index contributed by atoms with van der Waals surface area (Å²) in [6, 6.07) is 1.26. The number of thiophene rings is 1. The van der Waals surface area contributed by atoms with Crippen molar-refractivity contribution in [3.63, 3.8) is 0 Å².